The van der Waals surface area contributed by atoms with Gasteiger partial charge in [-0.1, -0.05) is 26.0 Å². The molecule has 5 nitrogen and oxygen atoms in total. The summed E-state index contributed by atoms with van der Waals surface area (Å²) in [6, 6.07) is 6.18. The standard InChI is InChI=1S/C18H28N2O3/c1-14(2)16-5-4-15(3)17(12-16)23-13-18(21)19-6-7-20-8-10-22-11-9-20/h4-5,12,14H,6-11,13H2,1-3H3,(H,19,21). The fourth-order valence-electron chi connectivity index (χ4n) is 2.50. The molecule has 1 aliphatic rings. The zero-order valence-corrected chi connectivity index (χ0v) is 14.4. The predicted octanol–water partition coefficient (Wildman–Crippen LogP) is 1.95. The van der Waals surface area contributed by atoms with Crippen molar-refractivity contribution in [2.24, 2.45) is 0 Å². The topological polar surface area (TPSA) is 50.8 Å². The summed E-state index contributed by atoms with van der Waals surface area (Å²) in [7, 11) is 0. The van der Waals surface area contributed by atoms with E-state index in [1.807, 2.05) is 19.1 Å². The van der Waals surface area contributed by atoms with Gasteiger partial charge in [-0.05, 0) is 30.0 Å². The normalized spacial score (nSPS) is 15.7. The third-order valence-electron chi connectivity index (χ3n) is 4.09. The van der Waals surface area contributed by atoms with Crippen molar-refractivity contribution in [2.45, 2.75) is 26.7 Å². The van der Waals surface area contributed by atoms with Crippen molar-refractivity contribution >= 4 is 5.91 Å². The number of amides is 1. The first kappa shape index (κ1) is 17.8. The maximum Gasteiger partial charge on any atom is 0.257 e. The summed E-state index contributed by atoms with van der Waals surface area (Å²) in [4.78, 5) is 14.2. The van der Waals surface area contributed by atoms with E-state index in [0.29, 0.717) is 12.5 Å². The molecule has 0 saturated carbocycles. The maximum atomic E-state index is 11.9. The van der Waals surface area contributed by atoms with Crippen molar-refractivity contribution in [3.63, 3.8) is 0 Å². The van der Waals surface area contributed by atoms with Gasteiger partial charge in [-0.25, -0.2) is 0 Å². The molecule has 1 aliphatic heterocycles. The summed E-state index contributed by atoms with van der Waals surface area (Å²) in [5, 5.41) is 2.91. The Balaban J connectivity index is 1.72. The molecule has 1 N–H and O–H groups in total. The Bertz CT molecular complexity index is 511. The highest BCUT2D eigenvalue weighted by molar-refractivity contribution is 5.77. The minimum absolute atomic E-state index is 0.0610. The van der Waals surface area contributed by atoms with Gasteiger partial charge < -0.3 is 14.8 Å². The van der Waals surface area contributed by atoms with E-state index in [1.165, 1.54) is 5.56 Å². The molecular formula is C18H28N2O3. The van der Waals surface area contributed by atoms with Crippen LogP contribution in [0, 0.1) is 6.92 Å². The first-order valence-corrected chi connectivity index (χ1v) is 8.36. The number of morpholine rings is 1. The van der Waals surface area contributed by atoms with Crippen LogP contribution in [-0.2, 0) is 9.53 Å². The Morgan fingerprint density at radius 2 is 2.09 bits per heavy atom. The average molecular weight is 320 g/mol. The summed E-state index contributed by atoms with van der Waals surface area (Å²) in [6.07, 6.45) is 0. The first-order valence-electron chi connectivity index (χ1n) is 8.36. The Labute approximate surface area is 139 Å². The average Bonchev–Trinajstić information content (AvgIpc) is 2.55. The Morgan fingerprint density at radius 3 is 2.78 bits per heavy atom. The molecule has 1 amide bonds. The van der Waals surface area contributed by atoms with Gasteiger partial charge in [0, 0.05) is 26.2 Å². The fraction of sp³-hybridized carbons (Fsp3) is 0.611. The summed E-state index contributed by atoms with van der Waals surface area (Å²) >= 11 is 0. The number of carbonyl (C=O) groups excluding carboxylic acids is 1. The number of aryl methyl sites for hydroxylation is 1. The number of hydrogen-bond donors (Lipinski definition) is 1. The predicted molar refractivity (Wildman–Crippen MR) is 91.0 cm³/mol. The van der Waals surface area contributed by atoms with E-state index in [2.05, 4.69) is 30.1 Å². The number of benzene rings is 1. The van der Waals surface area contributed by atoms with Crippen LogP contribution in [0.3, 0.4) is 0 Å². The van der Waals surface area contributed by atoms with Gasteiger partial charge in [0.2, 0.25) is 0 Å². The molecule has 1 heterocycles. The Hall–Kier alpha value is -1.59. The summed E-state index contributed by atoms with van der Waals surface area (Å²) in [5.74, 6) is 1.16. The lowest BCUT2D eigenvalue weighted by molar-refractivity contribution is -0.123. The lowest BCUT2D eigenvalue weighted by Crippen LogP contribution is -2.42. The van der Waals surface area contributed by atoms with Crippen LogP contribution in [0.5, 0.6) is 5.75 Å². The molecule has 0 spiro atoms. The molecule has 1 aromatic carbocycles. The molecule has 0 atom stereocenters. The summed E-state index contributed by atoms with van der Waals surface area (Å²) in [6.45, 7) is 11.3. The molecule has 0 aliphatic carbocycles. The minimum atomic E-state index is -0.0763. The number of nitrogens with one attached hydrogen (secondary N) is 1. The summed E-state index contributed by atoms with van der Waals surface area (Å²) < 4.78 is 11.0. The van der Waals surface area contributed by atoms with E-state index in [4.69, 9.17) is 9.47 Å². The van der Waals surface area contributed by atoms with Gasteiger partial charge in [-0.2, -0.15) is 0 Å². The molecule has 128 valence electrons. The minimum Gasteiger partial charge on any atom is -0.483 e. The lowest BCUT2D eigenvalue weighted by Gasteiger charge is -2.26. The molecule has 0 aromatic heterocycles. The van der Waals surface area contributed by atoms with E-state index < -0.39 is 0 Å². The third-order valence-corrected chi connectivity index (χ3v) is 4.09. The highest BCUT2D eigenvalue weighted by atomic mass is 16.5. The molecule has 5 heteroatoms. The van der Waals surface area contributed by atoms with Gasteiger partial charge in [0.1, 0.15) is 5.75 Å². The van der Waals surface area contributed by atoms with Crippen molar-refractivity contribution in [3.05, 3.63) is 29.3 Å². The third kappa shape index (κ3) is 5.84. The molecule has 2 rings (SSSR count). The van der Waals surface area contributed by atoms with Crippen molar-refractivity contribution in [2.75, 3.05) is 46.0 Å². The monoisotopic (exact) mass is 320 g/mol. The van der Waals surface area contributed by atoms with E-state index in [-0.39, 0.29) is 12.5 Å². The van der Waals surface area contributed by atoms with Crippen LogP contribution >= 0.6 is 0 Å². The maximum absolute atomic E-state index is 11.9. The number of carbonyl (C=O) groups is 1. The smallest absolute Gasteiger partial charge is 0.257 e. The largest absolute Gasteiger partial charge is 0.483 e. The second-order valence-corrected chi connectivity index (χ2v) is 6.27. The second-order valence-electron chi connectivity index (χ2n) is 6.27. The first-order chi connectivity index (χ1) is 11.1. The molecule has 0 bridgehead atoms. The quantitative estimate of drug-likeness (QED) is 0.834. The van der Waals surface area contributed by atoms with Crippen LogP contribution in [-0.4, -0.2) is 56.8 Å². The van der Waals surface area contributed by atoms with Crippen molar-refractivity contribution in [1.29, 1.82) is 0 Å². The highest BCUT2D eigenvalue weighted by Gasteiger charge is 2.11. The van der Waals surface area contributed by atoms with Gasteiger partial charge in [0.15, 0.2) is 6.61 Å². The number of ether oxygens (including phenoxy) is 2. The van der Waals surface area contributed by atoms with Gasteiger partial charge in [0.05, 0.1) is 13.2 Å². The number of nitrogens with zero attached hydrogens (tertiary/aromatic N) is 1. The van der Waals surface area contributed by atoms with Crippen LogP contribution < -0.4 is 10.1 Å². The van der Waals surface area contributed by atoms with Crippen LogP contribution in [0.4, 0.5) is 0 Å². The fourth-order valence-corrected chi connectivity index (χ4v) is 2.50. The van der Waals surface area contributed by atoms with E-state index in [9.17, 15) is 4.79 Å². The van der Waals surface area contributed by atoms with Crippen molar-refractivity contribution in [1.82, 2.24) is 10.2 Å². The second kappa shape index (κ2) is 8.89. The van der Waals surface area contributed by atoms with E-state index in [1.54, 1.807) is 0 Å². The molecule has 0 unspecified atom stereocenters. The zero-order chi connectivity index (χ0) is 16.7. The number of hydrogen-bond acceptors (Lipinski definition) is 4. The van der Waals surface area contributed by atoms with Crippen LogP contribution in [0.1, 0.15) is 30.9 Å². The van der Waals surface area contributed by atoms with E-state index in [0.717, 1.165) is 44.2 Å². The van der Waals surface area contributed by atoms with Crippen LogP contribution in [0.15, 0.2) is 18.2 Å². The Morgan fingerprint density at radius 1 is 1.35 bits per heavy atom. The summed E-state index contributed by atoms with van der Waals surface area (Å²) in [5.41, 5.74) is 2.27. The zero-order valence-electron chi connectivity index (χ0n) is 14.4. The van der Waals surface area contributed by atoms with Gasteiger partial charge in [0.25, 0.3) is 5.91 Å². The number of rotatable bonds is 7. The van der Waals surface area contributed by atoms with Crippen molar-refractivity contribution in [3.8, 4) is 5.75 Å². The van der Waals surface area contributed by atoms with Gasteiger partial charge >= 0.3 is 0 Å². The Kier molecular flexibility index (Phi) is 6.86. The van der Waals surface area contributed by atoms with Gasteiger partial charge in [-0.15, -0.1) is 0 Å². The molecule has 0 radical (unpaired) electrons. The molecular weight excluding hydrogens is 292 g/mol. The molecule has 1 saturated heterocycles. The van der Waals surface area contributed by atoms with Crippen molar-refractivity contribution < 1.29 is 14.3 Å². The van der Waals surface area contributed by atoms with Gasteiger partial charge in [-0.3, -0.25) is 9.69 Å². The lowest BCUT2D eigenvalue weighted by atomic mass is 10.0. The molecule has 1 aromatic rings. The highest BCUT2D eigenvalue weighted by Crippen LogP contribution is 2.24. The molecule has 1 fully saturated rings. The molecule has 23 heavy (non-hydrogen) atoms. The van der Waals surface area contributed by atoms with E-state index >= 15 is 0 Å². The van der Waals surface area contributed by atoms with Crippen LogP contribution in [0.2, 0.25) is 0 Å². The SMILES string of the molecule is Cc1ccc(C(C)C)cc1OCC(=O)NCCN1CCOCC1. The van der Waals surface area contributed by atoms with Crippen LogP contribution in [0.25, 0.3) is 0 Å².